The Morgan fingerprint density at radius 2 is 1.70 bits per heavy atom. The van der Waals surface area contributed by atoms with Gasteiger partial charge < -0.3 is 5.73 Å². The highest BCUT2D eigenvalue weighted by Gasteiger charge is 2.18. The number of allylic oxidation sites excluding steroid dienone is 1. The summed E-state index contributed by atoms with van der Waals surface area (Å²) >= 11 is 1.65. The van der Waals surface area contributed by atoms with E-state index in [1.165, 1.54) is 11.1 Å². The Balaban J connectivity index is 1.97. The van der Waals surface area contributed by atoms with Crippen molar-refractivity contribution in [3.63, 3.8) is 0 Å². The summed E-state index contributed by atoms with van der Waals surface area (Å²) in [5.41, 5.74) is 11.2. The Bertz CT molecular complexity index is 657. The molecule has 1 aliphatic heterocycles. The van der Waals surface area contributed by atoms with E-state index < -0.39 is 0 Å². The van der Waals surface area contributed by atoms with Crippen LogP contribution in [0.15, 0.2) is 70.7 Å². The van der Waals surface area contributed by atoms with Crippen molar-refractivity contribution < 1.29 is 0 Å². The number of hydrogen-bond donors (Lipinski definition) is 1. The molecule has 2 aromatic rings. The topological polar surface area (TPSA) is 38.4 Å². The minimum atomic E-state index is 0.0832. The van der Waals surface area contributed by atoms with Crippen LogP contribution in [0.5, 0.6) is 0 Å². The maximum Gasteiger partial charge on any atom is 0.125 e. The lowest BCUT2D eigenvalue weighted by molar-refractivity contribution is 1.03. The highest BCUT2D eigenvalue weighted by atomic mass is 32.2. The van der Waals surface area contributed by atoms with Crippen molar-refractivity contribution in [3.05, 3.63) is 82.4 Å². The summed E-state index contributed by atoms with van der Waals surface area (Å²) in [6.45, 7) is 2.08. The number of hydrogen-bond acceptors (Lipinski definition) is 3. The first-order valence-corrected chi connectivity index (χ1v) is 7.49. The van der Waals surface area contributed by atoms with E-state index in [0.29, 0.717) is 0 Å². The number of thioether (sulfide) groups is 1. The molecule has 2 N–H and O–H groups in total. The number of benzene rings is 2. The Labute approximate surface area is 123 Å². The average Bonchev–Trinajstić information content (AvgIpc) is 2.50. The predicted octanol–water partition coefficient (Wildman–Crippen LogP) is 4.03. The van der Waals surface area contributed by atoms with Crippen LogP contribution in [0.1, 0.15) is 22.1 Å². The normalized spacial score (nSPS) is 18.4. The summed E-state index contributed by atoms with van der Waals surface area (Å²) < 4.78 is 0. The molecule has 0 spiro atoms. The molecule has 100 valence electrons. The van der Waals surface area contributed by atoms with Crippen LogP contribution in [-0.2, 0) is 0 Å². The quantitative estimate of drug-likeness (QED) is 0.902. The van der Waals surface area contributed by atoms with Gasteiger partial charge in [-0.05, 0) is 17.9 Å². The summed E-state index contributed by atoms with van der Waals surface area (Å²) in [5, 5.41) is 2.08. The molecular weight excluding hydrogens is 264 g/mol. The van der Waals surface area contributed by atoms with E-state index in [-0.39, 0.29) is 5.37 Å². The van der Waals surface area contributed by atoms with Crippen LogP contribution < -0.4 is 5.73 Å². The zero-order valence-electron chi connectivity index (χ0n) is 11.3. The van der Waals surface area contributed by atoms with Crippen molar-refractivity contribution in [2.24, 2.45) is 10.7 Å². The first kappa shape index (κ1) is 13.0. The van der Waals surface area contributed by atoms with Crippen LogP contribution in [0.2, 0.25) is 0 Å². The molecule has 0 fully saturated rings. The summed E-state index contributed by atoms with van der Waals surface area (Å²) in [6.07, 6.45) is 0. The number of aliphatic imine (C=N–C) groups is 1. The third kappa shape index (κ3) is 2.63. The first-order chi connectivity index (χ1) is 9.74. The molecule has 0 saturated heterocycles. The summed E-state index contributed by atoms with van der Waals surface area (Å²) in [5.74, 6) is 0. The van der Waals surface area contributed by atoms with Gasteiger partial charge in [-0.25, -0.2) is 0 Å². The van der Waals surface area contributed by atoms with E-state index in [9.17, 15) is 0 Å². The molecule has 0 aliphatic carbocycles. The van der Waals surface area contributed by atoms with Gasteiger partial charge in [-0.15, -0.1) is 0 Å². The van der Waals surface area contributed by atoms with Crippen molar-refractivity contribution >= 4 is 17.5 Å². The molecule has 2 aromatic carbocycles. The van der Waals surface area contributed by atoms with E-state index in [1.807, 2.05) is 23.6 Å². The molecule has 0 saturated carbocycles. The van der Waals surface area contributed by atoms with Gasteiger partial charge in [0.05, 0.1) is 11.4 Å². The monoisotopic (exact) mass is 280 g/mol. The van der Waals surface area contributed by atoms with Gasteiger partial charge in [-0.2, -0.15) is 0 Å². The average molecular weight is 280 g/mol. The Morgan fingerprint density at radius 3 is 2.40 bits per heavy atom. The molecule has 2 nitrogen and oxygen atoms in total. The maximum atomic E-state index is 6.10. The Kier molecular flexibility index (Phi) is 3.61. The van der Waals surface area contributed by atoms with Gasteiger partial charge in [0.15, 0.2) is 0 Å². The largest absolute Gasteiger partial charge is 0.397 e. The van der Waals surface area contributed by atoms with E-state index in [4.69, 9.17) is 10.7 Å². The molecular formula is C17H16N2S. The van der Waals surface area contributed by atoms with Crippen molar-refractivity contribution in [3.8, 4) is 0 Å². The van der Waals surface area contributed by atoms with Gasteiger partial charge in [0.25, 0.3) is 0 Å². The summed E-state index contributed by atoms with van der Waals surface area (Å²) in [4.78, 5) is 4.82. The molecule has 1 unspecified atom stereocenters. The van der Waals surface area contributed by atoms with Crippen molar-refractivity contribution in [2.75, 3.05) is 0 Å². The maximum absolute atomic E-state index is 6.10. The van der Waals surface area contributed by atoms with E-state index >= 15 is 0 Å². The molecule has 3 heteroatoms. The fraction of sp³-hybridized carbons (Fsp3) is 0.118. The smallest absolute Gasteiger partial charge is 0.125 e. The molecule has 1 atom stereocenters. The van der Waals surface area contributed by atoms with Crippen LogP contribution in [0.25, 0.3) is 0 Å². The van der Waals surface area contributed by atoms with E-state index in [0.717, 1.165) is 17.0 Å². The fourth-order valence-electron chi connectivity index (χ4n) is 2.14. The molecule has 20 heavy (non-hydrogen) atoms. The van der Waals surface area contributed by atoms with Crippen LogP contribution in [0.4, 0.5) is 0 Å². The SMILES string of the molecule is Cc1ccc(C2=NC(c3ccccc3)SC=C2N)cc1. The van der Waals surface area contributed by atoms with Crippen LogP contribution in [0.3, 0.4) is 0 Å². The molecule has 0 bridgehead atoms. The molecule has 0 aromatic heterocycles. The minimum absolute atomic E-state index is 0.0832. The molecule has 1 heterocycles. The lowest BCUT2D eigenvalue weighted by Gasteiger charge is -2.19. The van der Waals surface area contributed by atoms with Gasteiger partial charge in [-0.3, -0.25) is 4.99 Å². The third-order valence-electron chi connectivity index (χ3n) is 3.25. The van der Waals surface area contributed by atoms with Gasteiger partial charge in [0, 0.05) is 5.56 Å². The third-order valence-corrected chi connectivity index (χ3v) is 4.28. The van der Waals surface area contributed by atoms with Crippen LogP contribution in [-0.4, -0.2) is 5.71 Å². The van der Waals surface area contributed by atoms with Gasteiger partial charge in [0.2, 0.25) is 0 Å². The Morgan fingerprint density at radius 1 is 1.00 bits per heavy atom. The minimum Gasteiger partial charge on any atom is -0.397 e. The fourth-order valence-corrected chi connectivity index (χ4v) is 3.01. The van der Waals surface area contributed by atoms with E-state index in [2.05, 4.69) is 43.3 Å². The first-order valence-electron chi connectivity index (χ1n) is 6.55. The van der Waals surface area contributed by atoms with Gasteiger partial charge >= 0.3 is 0 Å². The standard InChI is InChI=1S/C17H16N2S/c1-12-7-9-13(10-8-12)16-15(18)11-20-17(19-16)14-5-3-2-4-6-14/h2-11,17H,18H2,1H3. The van der Waals surface area contributed by atoms with Crippen LogP contribution >= 0.6 is 11.8 Å². The number of nitrogens with two attached hydrogens (primary N) is 1. The van der Waals surface area contributed by atoms with Gasteiger partial charge in [0.1, 0.15) is 5.37 Å². The molecule has 0 amide bonds. The van der Waals surface area contributed by atoms with Crippen molar-refractivity contribution in [2.45, 2.75) is 12.3 Å². The van der Waals surface area contributed by atoms with Crippen molar-refractivity contribution in [1.82, 2.24) is 0 Å². The summed E-state index contributed by atoms with van der Waals surface area (Å²) in [6, 6.07) is 18.6. The predicted molar refractivity (Wildman–Crippen MR) is 86.8 cm³/mol. The zero-order chi connectivity index (χ0) is 13.9. The number of nitrogens with zero attached hydrogens (tertiary/aromatic N) is 1. The molecule has 0 radical (unpaired) electrons. The second-order valence-corrected chi connectivity index (χ2v) is 5.77. The molecule has 3 rings (SSSR count). The second kappa shape index (κ2) is 5.55. The number of rotatable bonds is 2. The van der Waals surface area contributed by atoms with Crippen LogP contribution in [0, 0.1) is 6.92 Å². The highest BCUT2D eigenvalue weighted by molar-refractivity contribution is 8.02. The zero-order valence-corrected chi connectivity index (χ0v) is 12.1. The lowest BCUT2D eigenvalue weighted by atomic mass is 10.1. The lowest BCUT2D eigenvalue weighted by Crippen LogP contribution is -2.16. The second-order valence-electron chi connectivity index (χ2n) is 4.82. The van der Waals surface area contributed by atoms with Crippen molar-refractivity contribution in [1.29, 1.82) is 0 Å². The van der Waals surface area contributed by atoms with E-state index in [1.54, 1.807) is 11.8 Å². The molecule has 1 aliphatic rings. The van der Waals surface area contributed by atoms with Gasteiger partial charge in [-0.1, -0.05) is 71.9 Å². The Hall–Kier alpha value is -2.00. The summed E-state index contributed by atoms with van der Waals surface area (Å²) in [7, 11) is 0. The number of aryl methyl sites for hydroxylation is 1. The highest BCUT2D eigenvalue weighted by Crippen LogP contribution is 2.35.